The van der Waals surface area contributed by atoms with Crippen molar-refractivity contribution < 1.29 is 9.18 Å². The number of halogens is 1. The van der Waals surface area contributed by atoms with Gasteiger partial charge in [0.15, 0.2) is 0 Å². The van der Waals surface area contributed by atoms with Crippen molar-refractivity contribution in [2.75, 3.05) is 16.8 Å². The minimum absolute atomic E-state index is 0.166. The summed E-state index contributed by atoms with van der Waals surface area (Å²) >= 11 is 0. The molecule has 2 aromatic heterocycles. The summed E-state index contributed by atoms with van der Waals surface area (Å²) in [6.07, 6.45) is 6.34. The molecule has 0 unspecified atom stereocenters. The Hall–Kier alpha value is -3.62. The van der Waals surface area contributed by atoms with Crippen LogP contribution in [0.4, 0.5) is 16.2 Å². The maximum Gasteiger partial charge on any atom is 0.240 e. The number of nitrogens with zero attached hydrogens (tertiary/aromatic N) is 5. The molecule has 1 saturated heterocycles. The number of nitrogens with one attached hydrogen (secondary N) is 1. The van der Waals surface area contributed by atoms with Gasteiger partial charge < -0.3 is 16.0 Å². The molecule has 0 spiro atoms. The van der Waals surface area contributed by atoms with Crippen LogP contribution in [0, 0.1) is 5.82 Å². The lowest BCUT2D eigenvalue weighted by Crippen LogP contribution is -2.40. The van der Waals surface area contributed by atoms with Gasteiger partial charge in [0.1, 0.15) is 23.4 Å². The van der Waals surface area contributed by atoms with Crippen LogP contribution in [0.5, 0.6) is 0 Å². The van der Waals surface area contributed by atoms with Crippen LogP contribution in [-0.2, 0) is 4.79 Å². The molecule has 4 rings (SSSR count). The summed E-state index contributed by atoms with van der Waals surface area (Å²) in [4.78, 5) is 31.4. The van der Waals surface area contributed by atoms with Crippen LogP contribution >= 0.6 is 0 Å². The van der Waals surface area contributed by atoms with Gasteiger partial charge in [-0.05, 0) is 37.5 Å². The lowest BCUT2D eigenvalue weighted by Gasteiger charge is -2.24. The topological polar surface area (TPSA) is 110 Å². The van der Waals surface area contributed by atoms with Gasteiger partial charge in [0.25, 0.3) is 0 Å². The average Bonchev–Trinajstić information content (AvgIpc) is 3.25. The molecule has 0 bridgehead atoms. The van der Waals surface area contributed by atoms with Crippen molar-refractivity contribution in [3.8, 4) is 11.4 Å². The Bertz CT molecular complexity index is 1030. The van der Waals surface area contributed by atoms with Gasteiger partial charge in [0, 0.05) is 25.0 Å². The third-order valence-electron chi connectivity index (χ3n) is 5.13. The molecule has 154 valence electrons. The van der Waals surface area contributed by atoms with Crippen molar-refractivity contribution in [2.45, 2.75) is 31.8 Å². The van der Waals surface area contributed by atoms with E-state index in [0.717, 1.165) is 12.0 Å². The molecule has 1 amide bonds. The van der Waals surface area contributed by atoms with Crippen molar-refractivity contribution in [2.24, 2.45) is 5.73 Å². The Labute approximate surface area is 173 Å². The first-order valence-electron chi connectivity index (χ1n) is 9.74. The van der Waals surface area contributed by atoms with Crippen LogP contribution in [-0.4, -0.2) is 38.4 Å². The van der Waals surface area contributed by atoms with Gasteiger partial charge in [-0.25, -0.2) is 9.37 Å². The molecular formula is C21H22FN7O. The molecule has 1 aromatic carbocycles. The number of carbonyl (C=O) groups is 1. The summed E-state index contributed by atoms with van der Waals surface area (Å²) < 4.78 is 13.2. The average molecular weight is 407 g/mol. The summed E-state index contributed by atoms with van der Waals surface area (Å²) in [7, 11) is 0. The molecule has 8 nitrogen and oxygen atoms in total. The lowest BCUT2D eigenvalue weighted by atomic mass is 10.1. The first kappa shape index (κ1) is 19.7. The van der Waals surface area contributed by atoms with Crippen LogP contribution in [0.15, 0.2) is 48.9 Å². The van der Waals surface area contributed by atoms with E-state index in [1.54, 1.807) is 36.8 Å². The molecule has 3 aromatic rings. The highest BCUT2D eigenvalue weighted by molar-refractivity contribution is 5.84. The molecular weight excluding hydrogens is 385 g/mol. The minimum atomic E-state index is -0.406. The van der Waals surface area contributed by atoms with Crippen molar-refractivity contribution in [3.05, 3.63) is 60.3 Å². The SMILES string of the molecule is C[C@H](Nc1nc(-c2cnccn2)cc(N2CCC[C@H]2C(N)=O)n1)c1ccc(F)cc1. The zero-order valence-electron chi connectivity index (χ0n) is 16.5. The monoisotopic (exact) mass is 407 g/mol. The van der Waals surface area contributed by atoms with Gasteiger partial charge in [0.2, 0.25) is 11.9 Å². The van der Waals surface area contributed by atoms with E-state index in [2.05, 4.69) is 25.3 Å². The quantitative estimate of drug-likeness (QED) is 0.646. The van der Waals surface area contributed by atoms with Crippen LogP contribution in [0.1, 0.15) is 31.4 Å². The van der Waals surface area contributed by atoms with E-state index in [1.807, 2.05) is 11.8 Å². The van der Waals surface area contributed by atoms with Crippen molar-refractivity contribution in [1.29, 1.82) is 0 Å². The number of carbonyl (C=O) groups excluding carboxylic acids is 1. The Morgan fingerprint density at radius 3 is 2.73 bits per heavy atom. The van der Waals surface area contributed by atoms with E-state index in [9.17, 15) is 9.18 Å². The van der Waals surface area contributed by atoms with E-state index in [1.165, 1.54) is 12.1 Å². The fourth-order valence-electron chi connectivity index (χ4n) is 3.57. The van der Waals surface area contributed by atoms with Crippen LogP contribution in [0.2, 0.25) is 0 Å². The van der Waals surface area contributed by atoms with Gasteiger partial charge in [-0.3, -0.25) is 14.8 Å². The molecule has 9 heteroatoms. The largest absolute Gasteiger partial charge is 0.368 e. The molecule has 2 atom stereocenters. The summed E-state index contributed by atoms with van der Waals surface area (Å²) in [6, 6.07) is 7.47. The number of rotatable bonds is 6. The maximum absolute atomic E-state index is 13.2. The smallest absolute Gasteiger partial charge is 0.240 e. The van der Waals surface area contributed by atoms with Gasteiger partial charge in [-0.15, -0.1) is 0 Å². The summed E-state index contributed by atoms with van der Waals surface area (Å²) in [5, 5.41) is 3.26. The van der Waals surface area contributed by atoms with E-state index >= 15 is 0 Å². The second-order valence-corrected chi connectivity index (χ2v) is 7.20. The summed E-state index contributed by atoms with van der Waals surface area (Å²) in [5.74, 6) is 0.308. The minimum Gasteiger partial charge on any atom is -0.368 e. The Morgan fingerprint density at radius 1 is 1.23 bits per heavy atom. The number of primary amides is 1. The Morgan fingerprint density at radius 2 is 2.03 bits per heavy atom. The first-order valence-corrected chi connectivity index (χ1v) is 9.74. The van der Waals surface area contributed by atoms with Gasteiger partial charge in [-0.1, -0.05) is 12.1 Å². The predicted octanol–water partition coefficient (Wildman–Crippen LogP) is 2.70. The zero-order valence-corrected chi connectivity index (χ0v) is 16.5. The third-order valence-corrected chi connectivity index (χ3v) is 5.13. The highest BCUT2D eigenvalue weighted by Gasteiger charge is 2.31. The van der Waals surface area contributed by atoms with Crippen LogP contribution in [0.3, 0.4) is 0 Å². The molecule has 1 aliphatic heterocycles. The van der Waals surface area contributed by atoms with Gasteiger partial charge in [-0.2, -0.15) is 4.98 Å². The number of nitrogens with two attached hydrogens (primary N) is 1. The second-order valence-electron chi connectivity index (χ2n) is 7.20. The fraction of sp³-hybridized carbons (Fsp3) is 0.286. The van der Waals surface area contributed by atoms with Gasteiger partial charge >= 0.3 is 0 Å². The van der Waals surface area contributed by atoms with Crippen LogP contribution < -0.4 is 16.0 Å². The summed E-state index contributed by atoms with van der Waals surface area (Å²) in [5.41, 5.74) is 7.65. The Balaban J connectivity index is 1.70. The highest BCUT2D eigenvalue weighted by atomic mass is 19.1. The third kappa shape index (κ3) is 4.19. The lowest BCUT2D eigenvalue weighted by molar-refractivity contribution is -0.119. The predicted molar refractivity (Wildman–Crippen MR) is 111 cm³/mol. The van der Waals surface area contributed by atoms with Crippen molar-refractivity contribution in [3.63, 3.8) is 0 Å². The van der Waals surface area contributed by atoms with Gasteiger partial charge in [0.05, 0.1) is 17.9 Å². The Kier molecular flexibility index (Phi) is 5.51. The molecule has 0 aliphatic carbocycles. The van der Waals surface area contributed by atoms with E-state index in [0.29, 0.717) is 36.1 Å². The first-order chi connectivity index (χ1) is 14.5. The van der Waals surface area contributed by atoms with Crippen LogP contribution in [0.25, 0.3) is 11.4 Å². The number of hydrogen-bond acceptors (Lipinski definition) is 7. The second kappa shape index (κ2) is 8.40. The number of amides is 1. The van der Waals surface area contributed by atoms with Crippen molar-refractivity contribution >= 4 is 17.7 Å². The summed E-state index contributed by atoms with van der Waals surface area (Å²) in [6.45, 7) is 2.62. The normalized spacial score (nSPS) is 17.0. The number of hydrogen-bond donors (Lipinski definition) is 2. The molecule has 0 saturated carbocycles. The zero-order chi connectivity index (χ0) is 21.1. The molecule has 1 aliphatic rings. The van der Waals surface area contributed by atoms with Crippen molar-refractivity contribution in [1.82, 2.24) is 19.9 Å². The molecule has 3 N–H and O–H groups in total. The van der Waals surface area contributed by atoms with E-state index in [4.69, 9.17) is 5.73 Å². The standard InChI is InChI=1S/C21H22FN7O/c1-13(14-4-6-15(22)7-5-14)26-21-27-16(17-12-24-8-9-25-17)11-19(28-21)29-10-2-3-18(29)20(23)30/h4-9,11-13,18H,2-3,10H2,1H3,(H2,23,30)(H,26,27,28)/t13-,18-/m0/s1. The molecule has 3 heterocycles. The molecule has 1 fully saturated rings. The highest BCUT2D eigenvalue weighted by Crippen LogP contribution is 2.29. The molecule has 0 radical (unpaired) electrons. The number of aromatic nitrogens is 4. The van der Waals surface area contributed by atoms with E-state index in [-0.39, 0.29) is 17.8 Å². The number of anilines is 2. The fourth-order valence-corrected chi connectivity index (χ4v) is 3.57. The molecule has 30 heavy (non-hydrogen) atoms. The maximum atomic E-state index is 13.2. The number of benzene rings is 1. The van der Waals surface area contributed by atoms with E-state index < -0.39 is 6.04 Å².